The molecule has 1 N–H and O–H groups in total. The average molecular weight is 466 g/mol. The number of thiazole rings is 1. The third-order valence-electron chi connectivity index (χ3n) is 4.66. The van der Waals surface area contributed by atoms with Crippen molar-refractivity contribution < 1.29 is 0 Å². The Morgan fingerprint density at radius 1 is 1.28 bits per heavy atom. The van der Waals surface area contributed by atoms with Gasteiger partial charge < -0.3 is 10.2 Å². The van der Waals surface area contributed by atoms with Crippen molar-refractivity contribution >= 4 is 44.7 Å². The quantitative estimate of drug-likeness (QED) is 0.603. The minimum Gasteiger partial charge on any atom is -0.365 e. The van der Waals surface area contributed by atoms with Gasteiger partial charge in [-0.05, 0) is 47.5 Å². The van der Waals surface area contributed by atoms with Crippen molar-refractivity contribution in [3.63, 3.8) is 0 Å². The summed E-state index contributed by atoms with van der Waals surface area (Å²) in [6.45, 7) is 2.00. The summed E-state index contributed by atoms with van der Waals surface area (Å²) in [4.78, 5) is 20.2. The maximum atomic E-state index is 12.5. The van der Waals surface area contributed by atoms with Gasteiger partial charge in [-0.3, -0.25) is 9.20 Å². The third-order valence-corrected chi connectivity index (χ3v) is 6.39. The first-order valence-electron chi connectivity index (χ1n) is 8.27. The smallest absolute Gasteiger partial charge is 0.274 e. The Balaban J connectivity index is 1.60. The molecule has 1 saturated heterocycles. The number of aromatic nitrogens is 2. The number of likely N-dealkylation sites (N-methyl/N-ethyl adjacent to an activating group) is 1. The van der Waals surface area contributed by atoms with E-state index < -0.39 is 0 Å². The fourth-order valence-electron chi connectivity index (χ4n) is 3.54. The van der Waals surface area contributed by atoms with E-state index in [0.29, 0.717) is 15.3 Å². The Morgan fingerprint density at radius 2 is 2.08 bits per heavy atom. The standard InChI is InChI=1S/C18H19IN4OS/c1-22-10-13(12-5-3-2-4-6-12)9-14(11-22)20-16-15(19)17(24)23-7-8-25-18(23)21-16/h2-8,13-14,20H,9-11H2,1H3/t13-,14+/m0/s1. The van der Waals surface area contributed by atoms with Gasteiger partial charge in [-0.2, -0.15) is 0 Å². The van der Waals surface area contributed by atoms with Crippen LogP contribution >= 0.6 is 33.9 Å². The molecular weight excluding hydrogens is 447 g/mol. The molecule has 1 fully saturated rings. The molecule has 2 aromatic heterocycles. The number of anilines is 1. The van der Waals surface area contributed by atoms with Crippen LogP contribution < -0.4 is 10.9 Å². The van der Waals surface area contributed by atoms with E-state index in [2.05, 4.69) is 75.2 Å². The van der Waals surface area contributed by atoms with E-state index in [9.17, 15) is 4.79 Å². The molecule has 0 aliphatic carbocycles. The monoisotopic (exact) mass is 466 g/mol. The van der Waals surface area contributed by atoms with Crippen LogP contribution in [0.5, 0.6) is 0 Å². The van der Waals surface area contributed by atoms with Crippen LogP contribution in [-0.2, 0) is 0 Å². The summed E-state index contributed by atoms with van der Waals surface area (Å²) in [6.07, 6.45) is 2.82. The van der Waals surface area contributed by atoms with Gasteiger partial charge in [0.2, 0.25) is 0 Å². The zero-order valence-corrected chi connectivity index (χ0v) is 16.8. The van der Waals surface area contributed by atoms with Crippen molar-refractivity contribution in [3.8, 4) is 0 Å². The molecule has 5 nitrogen and oxygen atoms in total. The maximum absolute atomic E-state index is 12.5. The van der Waals surface area contributed by atoms with Gasteiger partial charge in [-0.15, -0.1) is 11.3 Å². The molecule has 0 saturated carbocycles. The molecule has 3 heterocycles. The number of halogens is 1. The fourth-order valence-corrected chi connectivity index (χ4v) is 4.78. The van der Waals surface area contributed by atoms with Gasteiger partial charge in [0.15, 0.2) is 4.96 Å². The first-order valence-corrected chi connectivity index (χ1v) is 10.2. The van der Waals surface area contributed by atoms with Crippen LogP contribution in [0.4, 0.5) is 5.82 Å². The molecule has 1 aromatic carbocycles. The lowest BCUT2D eigenvalue weighted by Crippen LogP contribution is -2.44. The van der Waals surface area contributed by atoms with Crippen LogP contribution in [0.15, 0.2) is 46.7 Å². The van der Waals surface area contributed by atoms with Gasteiger partial charge in [0.25, 0.3) is 5.56 Å². The van der Waals surface area contributed by atoms with Gasteiger partial charge in [0, 0.05) is 30.7 Å². The topological polar surface area (TPSA) is 49.6 Å². The van der Waals surface area contributed by atoms with Gasteiger partial charge >= 0.3 is 0 Å². The van der Waals surface area contributed by atoms with E-state index in [1.807, 2.05) is 5.38 Å². The second-order valence-electron chi connectivity index (χ2n) is 6.54. The summed E-state index contributed by atoms with van der Waals surface area (Å²) in [5.41, 5.74) is 1.37. The first-order chi connectivity index (χ1) is 12.1. The number of nitrogens with zero attached hydrogens (tertiary/aromatic N) is 3. The number of rotatable bonds is 3. The molecule has 0 spiro atoms. The average Bonchev–Trinajstić information content (AvgIpc) is 3.08. The zero-order chi connectivity index (χ0) is 17.4. The van der Waals surface area contributed by atoms with Gasteiger partial charge in [-0.1, -0.05) is 30.3 Å². The molecule has 0 radical (unpaired) electrons. The van der Waals surface area contributed by atoms with Crippen molar-refractivity contribution in [3.05, 3.63) is 61.4 Å². The van der Waals surface area contributed by atoms with Crippen LogP contribution in [0, 0.1) is 3.57 Å². The summed E-state index contributed by atoms with van der Waals surface area (Å²) in [6, 6.07) is 10.9. The maximum Gasteiger partial charge on any atom is 0.274 e. The number of hydrogen-bond acceptors (Lipinski definition) is 5. The second kappa shape index (κ2) is 7.05. The predicted octanol–water partition coefficient (Wildman–Crippen LogP) is 3.26. The van der Waals surface area contributed by atoms with Crippen LogP contribution in [0.1, 0.15) is 17.9 Å². The summed E-state index contributed by atoms with van der Waals surface area (Å²) in [5, 5.41) is 5.43. The number of piperidine rings is 1. The summed E-state index contributed by atoms with van der Waals surface area (Å²) < 4.78 is 2.26. The Labute approximate surface area is 163 Å². The largest absolute Gasteiger partial charge is 0.365 e. The first kappa shape index (κ1) is 17.0. The molecule has 0 bridgehead atoms. The van der Waals surface area contributed by atoms with E-state index in [1.54, 1.807) is 10.6 Å². The molecule has 130 valence electrons. The van der Waals surface area contributed by atoms with Crippen molar-refractivity contribution in [1.82, 2.24) is 14.3 Å². The fraction of sp³-hybridized carbons (Fsp3) is 0.333. The number of likely N-dealkylation sites (tertiary alicyclic amines) is 1. The highest BCUT2D eigenvalue weighted by atomic mass is 127. The van der Waals surface area contributed by atoms with Gasteiger partial charge in [-0.25, -0.2) is 4.98 Å². The lowest BCUT2D eigenvalue weighted by atomic mass is 9.88. The molecule has 0 amide bonds. The van der Waals surface area contributed by atoms with E-state index >= 15 is 0 Å². The SMILES string of the molecule is CN1C[C@H](Nc2nc3sccn3c(=O)c2I)C[C@H](c2ccccc2)C1. The molecule has 2 atom stereocenters. The second-order valence-corrected chi connectivity index (χ2v) is 8.49. The highest BCUT2D eigenvalue weighted by Gasteiger charge is 2.27. The van der Waals surface area contributed by atoms with Crippen LogP contribution in [0.25, 0.3) is 4.96 Å². The lowest BCUT2D eigenvalue weighted by molar-refractivity contribution is 0.235. The Bertz CT molecular complexity index is 939. The predicted molar refractivity (Wildman–Crippen MR) is 111 cm³/mol. The highest BCUT2D eigenvalue weighted by Crippen LogP contribution is 2.28. The van der Waals surface area contributed by atoms with Crippen LogP contribution in [0.2, 0.25) is 0 Å². The van der Waals surface area contributed by atoms with Crippen LogP contribution in [0.3, 0.4) is 0 Å². The molecule has 25 heavy (non-hydrogen) atoms. The molecule has 0 unspecified atom stereocenters. The van der Waals surface area contributed by atoms with Gasteiger partial charge in [0.05, 0.1) is 0 Å². The van der Waals surface area contributed by atoms with E-state index in [-0.39, 0.29) is 11.6 Å². The molecule has 1 aliphatic heterocycles. The van der Waals surface area contributed by atoms with E-state index in [4.69, 9.17) is 0 Å². The zero-order valence-electron chi connectivity index (χ0n) is 13.9. The van der Waals surface area contributed by atoms with Crippen molar-refractivity contribution in [1.29, 1.82) is 0 Å². The highest BCUT2D eigenvalue weighted by molar-refractivity contribution is 14.1. The summed E-state index contributed by atoms with van der Waals surface area (Å²) in [5.74, 6) is 1.20. The number of hydrogen-bond donors (Lipinski definition) is 1. The van der Waals surface area contributed by atoms with E-state index in [1.165, 1.54) is 16.9 Å². The molecule has 7 heteroatoms. The Kier molecular flexibility index (Phi) is 4.79. The van der Waals surface area contributed by atoms with Crippen molar-refractivity contribution in [2.45, 2.75) is 18.4 Å². The Morgan fingerprint density at radius 3 is 2.88 bits per heavy atom. The van der Waals surface area contributed by atoms with Gasteiger partial charge in [0.1, 0.15) is 9.39 Å². The number of nitrogens with one attached hydrogen (secondary N) is 1. The summed E-state index contributed by atoms with van der Waals surface area (Å²) >= 11 is 3.58. The lowest BCUT2D eigenvalue weighted by Gasteiger charge is -2.36. The Hall–Kier alpha value is -1.45. The normalized spacial score (nSPS) is 21.5. The molecule has 1 aliphatic rings. The van der Waals surface area contributed by atoms with Crippen LogP contribution in [-0.4, -0.2) is 40.5 Å². The van der Waals surface area contributed by atoms with Crippen molar-refractivity contribution in [2.24, 2.45) is 0 Å². The van der Waals surface area contributed by atoms with Crippen molar-refractivity contribution in [2.75, 3.05) is 25.5 Å². The minimum absolute atomic E-state index is 0.00174. The minimum atomic E-state index is -0.00174. The third kappa shape index (κ3) is 3.45. The van der Waals surface area contributed by atoms with E-state index in [0.717, 1.165) is 24.5 Å². The number of fused-ring (bicyclic) bond motifs is 1. The number of benzene rings is 1. The molecule has 3 aromatic rings. The molecular formula is C18H19IN4OS. The summed E-state index contributed by atoms with van der Waals surface area (Å²) in [7, 11) is 2.15. The molecule has 4 rings (SSSR count).